The highest BCUT2D eigenvalue weighted by molar-refractivity contribution is 6.35. The number of carbonyl (C=O) groups excluding carboxylic acids is 1. The Morgan fingerprint density at radius 1 is 1.32 bits per heavy atom. The van der Waals surface area contributed by atoms with Gasteiger partial charge in [-0.25, -0.2) is 9.50 Å². The number of pyridine rings is 1. The Labute approximate surface area is 197 Å². The second-order valence-electron chi connectivity index (χ2n) is 7.78. The van der Waals surface area contributed by atoms with Crippen LogP contribution in [-0.2, 0) is 13.0 Å². The highest BCUT2D eigenvalue weighted by atomic mass is 35.5. The Morgan fingerprint density at radius 2 is 2.18 bits per heavy atom. The number of nitrogen functional groups attached to an aromatic ring is 1. The fraction of sp³-hybridized carbons (Fsp3) is 0.182. The summed E-state index contributed by atoms with van der Waals surface area (Å²) < 4.78 is 3.05. The van der Waals surface area contributed by atoms with Gasteiger partial charge in [-0.2, -0.15) is 15.4 Å². The van der Waals surface area contributed by atoms with Crippen LogP contribution in [0.5, 0.6) is 0 Å². The molecule has 1 aromatic carbocycles. The Balaban J connectivity index is 1.54. The maximum atomic E-state index is 13.5. The lowest BCUT2D eigenvalue weighted by Crippen LogP contribution is -2.33. The molecule has 0 radical (unpaired) electrons. The third-order valence-corrected chi connectivity index (χ3v) is 5.93. The Bertz CT molecular complexity index is 1570. The van der Waals surface area contributed by atoms with Crippen molar-refractivity contribution in [1.82, 2.24) is 39.9 Å². The van der Waals surface area contributed by atoms with Crippen LogP contribution in [0, 0.1) is 0 Å². The fourth-order valence-corrected chi connectivity index (χ4v) is 4.26. The average molecular weight is 478 g/mol. The SMILES string of the molecule is CC(NC(=O)c1c(N)nn2cccnc12)c1cc2cccc(Cl)c2c(=O)n1CCc1cn[nH]n1. The molecule has 0 saturated carbocycles. The predicted octanol–water partition coefficient (Wildman–Crippen LogP) is 2.13. The molecule has 4 heterocycles. The lowest BCUT2D eigenvalue weighted by Gasteiger charge is -2.21. The van der Waals surface area contributed by atoms with Gasteiger partial charge in [-0.05, 0) is 30.5 Å². The van der Waals surface area contributed by atoms with Gasteiger partial charge in [0.15, 0.2) is 11.5 Å². The van der Waals surface area contributed by atoms with E-state index in [0.29, 0.717) is 45.8 Å². The summed E-state index contributed by atoms with van der Waals surface area (Å²) in [6.07, 6.45) is 5.29. The smallest absolute Gasteiger partial charge is 0.260 e. The summed E-state index contributed by atoms with van der Waals surface area (Å²) in [7, 11) is 0. The molecule has 1 atom stereocenters. The third kappa shape index (κ3) is 3.75. The lowest BCUT2D eigenvalue weighted by molar-refractivity contribution is 0.0940. The van der Waals surface area contributed by atoms with Crippen LogP contribution >= 0.6 is 11.6 Å². The van der Waals surface area contributed by atoms with Crippen molar-refractivity contribution < 1.29 is 4.79 Å². The summed E-state index contributed by atoms with van der Waals surface area (Å²) in [5.74, 6) is -0.377. The fourth-order valence-electron chi connectivity index (χ4n) is 4.00. The molecule has 0 aliphatic carbocycles. The quantitative estimate of drug-likeness (QED) is 0.339. The van der Waals surface area contributed by atoms with E-state index in [1.54, 1.807) is 48.3 Å². The molecule has 34 heavy (non-hydrogen) atoms. The van der Waals surface area contributed by atoms with E-state index >= 15 is 0 Å². The van der Waals surface area contributed by atoms with Crippen LogP contribution in [0.1, 0.15) is 34.7 Å². The number of aromatic amines is 1. The standard InChI is InChI=1S/C22H20ClN9O2/c1-12(27-21(33)18-19(24)29-32-8-3-7-25-20(18)32)16-10-13-4-2-5-15(23)17(13)22(34)31(16)9-6-14-11-26-30-28-14/h2-5,7-8,10-12H,6,9H2,1H3,(H2,24,29)(H,27,33)(H,26,28,30). The molecule has 11 nitrogen and oxygen atoms in total. The summed E-state index contributed by atoms with van der Waals surface area (Å²) in [6.45, 7) is 2.12. The van der Waals surface area contributed by atoms with Gasteiger partial charge in [0.2, 0.25) is 0 Å². The number of anilines is 1. The zero-order valence-electron chi connectivity index (χ0n) is 18.1. The second kappa shape index (κ2) is 8.60. The van der Waals surface area contributed by atoms with Crippen LogP contribution in [0.3, 0.4) is 0 Å². The maximum Gasteiger partial charge on any atom is 0.260 e. The largest absolute Gasteiger partial charge is 0.381 e. The number of rotatable bonds is 6. The van der Waals surface area contributed by atoms with E-state index in [0.717, 1.165) is 0 Å². The molecule has 0 spiro atoms. The van der Waals surface area contributed by atoms with Gasteiger partial charge < -0.3 is 15.6 Å². The van der Waals surface area contributed by atoms with Gasteiger partial charge in [0.25, 0.3) is 11.5 Å². The first-order valence-corrected chi connectivity index (χ1v) is 10.9. The number of aromatic nitrogens is 7. The molecular weight excluding hydrogens is 458 g/mol. The maximum absolute atomic E-state index is 13.5. The van der Waals surface area contributed by atoms with Crippen LogP contribution in [0.25, 0.3) is 16.4 Å². The van der Waals surface area contributed by atoms with E-state index in [4.69, 9.17) is 17.3 Å². The van der Waals surface area contributed by atoms with Crippen molar-refractivity contribution in [2.24, 2.45) is 0 Å². The molecule has 1 amide bonds. The van der Waals surface area contributed by atoms with E-state index in [2.05, 4.69) is 30.8 Å². The van der Waals surface area contributed by atoms with Crippen LogP contribution in [0.2, 0.25) is 5.02 Å². The first kappa shape index (κ1) is 21.6. The van der Waals surface area contributed by atoms with Gasteiger partial charge in [-0.3, -0.25) is 9.59 Å². The zero-order chi connectivity index (χ0) is 23.8. The van der Waals surface area contributed by atoms with Gasteiger partial charge in [0, 0.05) is 31.1 Å². The Kier molecular flexibility index (Phi) is 5.46. The monoisotopic (exact) mass is 477 g/mol. The normalized spacial score (nSPS) is 12.3. The second-order valence-corrected chi connectivity index (χ2v) is 8.19. The molecule has 0 aliphatic rings. The van der Waals surface area contributed by atoms with Gasteiger partial charge in [-0.15, -0.1) is 5.10 Å². The van der Waals surface area contributed by atoms with Crippen LogP contribution in [-0.4, -0.2) is 40.5 Å². The molecule has 12 heteroatoms. The van der Waals surface area contributed by atoms with Crippen molar-refractivity contribution in [3.8, 4) is 0 Å². The summed E-state index contributed by atoms with van der Waals surface area (Å²) in [5, 5.41) is 19.0. The first-order chi connectivity index (χ1) is 16.4. The molecule has 0 aliphatic heterocycles. The minimum absolute atomic E-state index is 0.0668. The number of halogens is 1. The Hall–Kier alpha value is -4.25. The van der Waals surface area contributed by atoms with Crippen molar-refractivity contribution >= 4 is 39.7 Å². The number of benzene rings is 1. The predicted molar refractivity (Wildman–Crippen MR) is 127 cm³/mol. The number of aryl methyl sites for hydroxylation is 1. The average Bonchev–Trinajstić information content (AvgIpc) is 3.44. The summed E-state index contributed by atoms with van der Waals surface area (Å²) in [4.78, 5) is 30.8. The number of nitrogens with zero attached hydrogens (tertiary/aromatic N) is 6. The number of H-pyrrole nitrogens is 1. The highest BCUT2D eigenvalue weighted by Gasteiger charge is 2.23. The molecule has 4 N–H and O–H groups in total. The van der Waals surface area contributed by atoms with E-state index < -0.39 is 11.9 Å². The summed E-state index contributed by atoms with van der Waals surface area (Å²) >= 11 is 6.35. The molecule has 0 fully saturated rings. The van der Waals surface area contributed by atoms with Gasteiger partial charge in [0.05, 0.1) is 28.3 Å². The number of amides is 1. The van der Waals surface area contributed by atoms with Crippen LogP contribution in [0.15, 0.2) is 53.7 Å². The number of nitrogens with one attached hydrogen (secondary N) is 2. The molecule has 1 unspecified atom stereocenters. The first-order valence-electron chi connectivity index (χ1n) is 10.5. The van der Waals surface area contributed by atoms with Crippen molar-refractivity contribution in [3.05, 3.63) is 81.3 Å². The van der Waals surface area contributed by atoms with Crippen LogP contribution in [0.4, 0.5) is 5.82 Å². The molecule has 0 saturated heterocycles. The molecule has 4 aromatic heterocycles. The summed E-state index contributed by atoms with van der Waals surface area (Å²) in [6, 6.07) is 8.28. The van der Waals surface area contributed by atoms with E-state index in [-0.39, 0.29) is 16.9 Å². The van der Waals surface area contributed by atoms with Crippen molar-refractivity contribution in [2.45, 2.75) is 25.9 Å². The van der Waals surface area contributed by atoms with E-state index in [9.17, 15) is 9.59 Å². The van der Waals surface area contributed by atoms with Gasteiger partial charge in [0.1, 0.15) is 5.56 Å². The van der Waals surface area contributed by atoms with Crippen molar-refractivity contribution in [3.63, 3.8) is 0 Å². The third-order valence-electron chi connectivity index (χ3n) is 5.62. The topological polar surface area (TPSA) is 149 Å². The zero-order valence-corrected chi connectivity index (χ0v) is 18.8. The number of carbonyl (C=O) groups is 1. The van der Waals surface area contributed by atoms with Crippen LogP contribution < -0.4 is 16.6 Å². The molecular formula is C22H20ClN9O2. The number of fused-ring (bicyclic) bond motifs is 2. The van der Waals surface area contributed by atoms with Crippen molar-refractivity contribution in [2.75, 3.05) is 5.73 Å². The number of hydrogen-bond donors (Lipinski definition) is 3. The highest BCUT2D eigenvalue weighted by Crippen LogP contribution is 2.24. The molecule has 0 bridgehead atoms. The summed E-state index contributed by atoms with van der Waals surface area (Å²) in [5.41, 5.74) is 7.58. The minimum atomic E-state index is -0.543. The number of nitrogens with two attached hydrogens (primary N) is 1. The molecule has 5 aromatic rings. The van der Waals surface area contributed by atoms with Gasteiger partial charge in [-0.1, -0.05) is 23.7 Å². The molecule has 5 rings (SSSR count). The van der Waals surface area contributed by atoms with Crippen molar-refractivity contribution in [1.29, 1.82) is 0 Å². The lowest BCUT2D eigenvalue weighted by atomic mass is 10.1. The minimum Gasteiger partial charge on any atom is -0.381 e. The Morgan fingerprint density at radius 3 is 2.97 bits per heavy atom. The van der Waals surface area contributed by atoms with E-state index in [1.165, 1.54) is 4.52 Å². The van der Waals surface area contributed by atoms with Gasteiger partial charge >= 0.3 is 0 Å². The molecule has 172 valence electrons. The van der Waals surface area contributed by atoms with E-state index in [1.807, 2.05) is 12.1 Å². The number of hydrogen-bond acceptors (Lipinski definition) is 7.